The molecule has 0 aliphatic carbocycles. The zero-order valence-electron chi connectivity index (χ0n) is 10.9. The van der Waals surface area contributed by atoms with Crippen LogP contribution in [0.25, 0.3) is 0 Å². The Morgan fingerprint density at radius 2 is 2.17 bits per heavy atom. The van der Waals surface area contributed by atoms with E-state index in [2.05, 4.69) is 16.1 Å². The summed E-state index contributed by atoms with van der Waals surface area (Å²) >= 11 is 1.51. The van der Waals surface area contributed by atoms with E-state index in [0.717, 1.165) is 18.2 Å². The van der Waals surface area contributed by atoms with Crippen LogP contribution in [0.2, 0.25) is 0 Å². The highest BCUT2D eigenvalue weighted by atomic mass is 32.2. The average Bonchev–Trinajstić information content (AvgIpc) is 2.88. The van der Waals surface area contributed by atoms with Gasteiger partial charge in [-0.05, 0) is 38.3 Å². The molecule has 0 aromatic carbocycles. The SMILES string of the molecule is CSc1ncc(C)c(=O)n1C/C=C/N1CCCC1. The fraction of sp³-hybridized carbons (Fsp3) is 0.538. The van der Waals surface area contributed by atoms with Gasteiger partial charge in [-0.3, -0.25) is 9.36 Å². The van der Waals surface area contributed by atoms with E-state index in [1.54, 1.807) is 17.7 Å². The summed E-state index contributed by atoms with van der Waals surface area (Å²) in [6, 6.07) is 0. The summed E-state index contributed by atoms with van der Waals surface area (Å²) in [7, 11) is 0. The van der Waals surface area contributed by atoms with Gasteiger partial charge in [-0.1, -0.05) is 11.8 Å². The molecule has 1 aromatic heterocycles. The lowest BCUT2D eigenvalue weighted by molar-refractivity contribution is 0.464. The molecule has 2 rings (SSSR count). The molecular formula is C13H19N3OS. The van der Waals surface area contributed by atoms with Crippen LogP contribution in [0, 0.1) is 6.92 Å². The maximum Gasteiger partial charge on any atom is 0.257 e. The molecule has 18 heavy (non-hydrogen) atoms. The van der Waals surface area contributed by atoms with Crippen molar-refractivity contribution in [3.8, 4) is 0 Å². The van der Waals surface area contributed by atoms with Crippen molar-refractivity contribution in [3.63, 3.8) is 0 Å². The van der Waals surface area contributed by atoms with Gasteiger partial charge in [0.15, 0.2) is 5.16 Å². The Morgan fingerprint density at radius 1 is 1.44 bits per heavy atom. The molecule has 0 amide bonds. The van der Waals surface area contributed by atoms with Gasteiger partial charge in [0.2, 0.25) is 0 Å². The van der Waals surface area contributed by atoms with Gasteiger partial charge in [0.25, 0.3) is 5.56 Å². The first kappa shape index (κ1) is 13.2. The molecule has 1 fully saturated rings. The molecule has 0 spiro atoms. The Balaban J connectivity index is 2.12. The maximum atomic E-state index is 12.0. The van der Waals surface area contributed by atoms with Gasteiger partial charge < -0.3 is 4.90 Å². The summed E-state index contributed by atoms with van der Waals surface area (Å²) in [4.78, 5) is 18.6. The van der Waals surface area contributed by atoms with Crippen molar-refractivity contribution in [2.24, 2.45) is 0 Å². The van der Waals surface area contributed by atoms with Crippen LogP contribution >= 0.6 is 11.8 Å². The standard InChI is InChI=1S/C13H19N3OS/c1-11-10-14-13(18-2)16(12(11)17)9-5-8-15-6-3-4-7-15/h5,8,10H,3-4,6-7,9H2,1-2H3/b8-5+. The maximum absolute atomic E-state index is 12.0. The number of rotatable bonds is 4. The van der Waals surface area contributed by atoms with Crippen LogP contribution in [0.4, 0.5) is 0 Å². The average molecular weight is 265 g/mol. The largest absolute Gasteiger partial charge is 0.378 e. The lowest BCUT2D eigenvalue weighted by Crippen LogP contribution is -2.24. The van der Waals surface area contributed by atoms with E-state index in [9.17, 15) is 4.79 Å². The molecule has 1 aliphatic rings. The topological polar surface area (TPSA) is 38.1 Å². The highest BCUT2D eigenvalue weighted by Crippen LogP contribution is 2.10. The molecule has 0 saturated carbocycles. The quantitative estimate of drug-likeness (QED) is 0.615. The fourth-order valence-corrected chi connectivity index (χ4v) is 2.63. The van der Waals surface area contributed by atoms with Crippen molar-refractivity contribution in [3.05, 3.63) is 34.4 Å². The van der Waals surface area contributed by atoms with Crippen LogP contribution in [-0.4, -0.2) is 33.8 Å². The zero-order chi connectivity index (χ0) is 13.0. The number of aryl methyl sites for hydroxylation is 1. The van der Waals surface area contributed by atoms with Crippen molar-refractivity contribution >= 4 is 11.8 Å². The summed E-state index contributed by atoms with van der Waals surface area (Å²) in [6.45, 7) is 4.67. The Labute approximate surface area is 112 Å². The predicted molar refractivity (Wildman–Crippen MR) is 75.0 cm³/mol. The molecule has 98 valence electrons. The Bertz CT molecular complexity index is 489. The summed E-state index contributed by atoms with van der Waals surface area (Å²) in [5.74, 6) is 0. The number of likely N-dealkylation sites (tertiary alicyclic amines) is 1. The van der Waals surface area contributed by atoms with Crippen LogP contribution in [-0.2, 0) is 6.54 Å². The first-order chi connectivity index (χ1) is 8.72. The minimum atomic E-state index is 0.0559. The molecule has 0 unspecified atom stereocenters. The number of aromatic nitrogens is 2. The second-order valence-electron chi connectivity index (χ2n) is 4.47. The van der Waals surface area contributed by atoms with Crippen molar-refractivity contribution < 1.29 is 0 Å². The first-order valence-corrected chi connectivity index (χ1v) is 7.46. The van der Waals surface area contributed by atoms with E-state index in [4.69, 9.17) is 0 Å². The number of hydrogen-bond donors (Lipinski definition) is 0. The first-order valence-electron chi connectivity index (χ1n) is 6.23. The van der Waals surface area contributed by atoms with Crippen molar-refractivity contribution in [2.45, 2.75) is 31.5 Å². The van der Waals surface area contributed by atoms with Crippen molar-refractivity contribution in [1.82, 2.24) is 14.5 Å². The van der Waals surface area contributed by atoms with Crippen molar-refractivity contribution in [2.75, 3.05) is 19.3 Å². The third-order valence-electron chi connectivity index (χ3n) is 3.11. The molecule has 0 N–H and O–H groups in total. The molecule has 4 nitrogen and oxygen atoms in total. The van der Waals surface area contributed by atoms with Gasteiger partial charge >= 0.3 is 0 Å². The molecular weight excluding hydrogens is 246 g/mol. The van der Waals surface area contributed by atoms with Gasteiger partial charge in [-0.2, -0.15) is 0 Å². The van der Waals surface area contributed by atoms with Crippen LogP contribution < -0.4 is 5.56 Å². The van der Waals surface area contributed by atoms with Crippen LogP contribution in [0.3, 0.4) is 0 Å². The molecule has 0 atom stereocenters. The molecule has 5 heteroatoms. The summed E-state index contributed by atoms with van der Waals surface area (Å²) in [5.41, 5.74) is 0.753. The highest BCUT2D eigenvalue weighted by Gasteiger charge is 2.07. The van der Waals surface area contributed by atoms with Gasteiger partial charge in [0, 0.05) is 31.4 Å². The minimum absolute atomic E-state index is 0.0559. The normalized spacial score (nSPS) is 15.8. The second kappa shape index (κ2) is 6.09. The van der Waals surface area contributed by atoms with Crippen LogP contribution in [0.5, 0.6) is 0 Å². The highest BCUT2D eigenvalue weighted by molar-refractivity contribution is 7.98. The van der Waals surface area contributed by atoms with Gasteiger partial charge in [-0.25, -0.2) is 4.98 Å². The zero-order valence-corrected chi connectivity index (χ0v) is 11.7. The van der Waals surface area contributed by atoms with E-state index in [0.29, 0.717) is 12.1 Å². The Kier molecular flexibility index (Phi) is 4.47. The lowest BCUT2D eigenvalue weighted by atomic mass is 10.4. The molecule has 0 bridgehead atoms. The lowest BCUT2D eigenvalue weighted by Gasteiger charge is -2.12. The van der Waals surface area contributed by atoms with Gasteiger partial charge in [0.05, 0.1) is 0 Å². The number of thioether (sulfide) groups is 1. The molecule has 1 aliphatic heterocycles. The van der Waals surface area contributed by atoms with Crippen LogP contribution in [0.15, 0.2) is 28.4 Å². The van der Waals surface area contributed by atoms with E-state index in [-0.39, 0.29) is 5.56 Å². The monoisotopic (exact) mass is 265 g/mol. The fourth-order valence-electron chi connectivity index (χ4n) is 2.09. The van der Waals surface area contributed by atoms with Gasteiger partial charge in [-0.15, -0.1) is 0 Å². The summed E-state index contributed by atoms with van der Waals surface area (Å²) in [5, 5.41) is 0.775. The number of nitrogens with zero attached hydrogens (tertiary/aromatic N) is 3. The van der Waals surface area contributed by atoms with E-state index in [1.165, 1.54) is 24.6 Å². The molecule has 1 aromatic rings. The van der Waals surface area contributed by atoms with Crippen molar-refractivity contribution in [1.29, 1.82) is 0 Å². The van der Waals surface area contributed by atoms with E-state index in [1.807, 2.05) is 12.3 Å². The third kappa shape index (κ3) is 2.96. The summed E-state index contributed by atoms with van der Waals surface area (Å²) in [6.07, 6.45) is 10.3. The van der Waals surface area contributed by atoms with E-state index < -0.39 is 0 Å². The second-order valence-corrected chi connectivity index (χ2v) is 5.24. The summed E-state index contributed by atoms with van der Waals surface area (Å²) < 4.78 is 1.73. The van der Waals surface area contributed by atoms with Gasteiger partial charge in [0.1, 0.15) is 0 Å². The third-order valence-corrected chi connectivity index (χ3v) is 3.80. The minimum Gasteiger partial charge on any atom is -0.378 e. The Hall–Kier alpha value is -1.23. The molecule has 1 saturated heterocycles. The predicted octanol–water partition coefficient (Wildman–Crippen LogP) is 1.88. The number of allylic oxidation sites excluding steroid dienone is 1. The van der Waals surface area contributed by atoms with E-state index >= 15 is 0 Å². The molecule has 0 radical (unpaired) electrons. The Morgan fingerprint density at radius 3 is 2.83 bits per heavy atom. The number of hydrogen-bond acceptors (Lipinski definition) is 4. The smallest absolute Gasteiger partial charge is 0.257 e. The molecule has 2 heterocycles. The van der Waals surface area contributed by atoms with Crippen LogP contribution in [0.1, 0.15) is 18.4 Å².